The number of carbonyl (C=O) groups excluding carboxylic acids is 1. The minimum atomic E-state index is -4.17. The SMILES string of the molecule is CN(C=O)CCC(F)(F)F.COc1cc(N)c(C=N)cc1Nc1ncnc2sc3c(c12)CCCC3. The van der Waals surface area contributed by atoms with Gasteiger partial charge in [-0.15, -0.1) is 11.3 Å². The van der Waals surface area contributed by atoms with Gasteiger partial charge in [-0.25, -0.2) is 9.97 Å². The van der Waals surface area contributed by atoms with E-state index in [1.807, 2.05) is 6.07 Å². The van der Waals surface area contributed by atoms with E-state index in [0.29, 0.717) is 23.4 Å². The summed E-state index contributed by atoms with van der Waals surface area (Å²) in [5, 5.41) is 12.0. The first-order valence-corrected chi connectivity index (χ1v) is 11.7. The summed E-state index contributed by atoms with van der Waals surface area (Å²) in [6.07, 6.45) is 2.73. The molecule has 0 aliphatic heterocycles. The fraction of sp³-hybridized carbons (Fsp3) is 0.391. The molecule has 2 aromatic heterocycles. The van der Waals surface area contributed by atoms with Crippen LogP contribution in [0.5, 0.6) is 5.75 Å². The first-order chi connectivity index (χ1) is 16.7. The van der Waals surface area contributed by atoms with E-state index in [1.165, 1.54) is 36.5 Å². The molecule has 0 spiro atoms. The molecule has 2 heterocycles. The molecule has 4 rings (SSSR count). The van der Waals surface area contributed by atoms with Crippen LogP contribution in [0, 0.1) is 5.41 Å². The molecular weight excluding hydrogens is 481 g/mol. The van der Waals surface area contributed by atoms with Gasteiger partial charge in [-0.05, 0) is 37.3 Å². The quantitative estimate of drug-likeness (QED) is 0.237. The number of nitrogen functional groups attached to an aromatic ring is 1. The Labute approximate surface area is 204 Å². The maximum atomic E-state index is 11.4. The van der Waals surface area contributed by atoms with Gasteiger partial charge < -0.3 is 26.1 Å². The summed E-state index contributed by atoms with van der Waals surface area (Å²) in [4.78, 5) is 22.1. The number of carbonyl (C=O) groups is 1. The highest BCUT2D eigenvalue weighted by atomic mass is 32.1. The molecule has 3 aromatic rings. The smallest absolute Gasteiger partial charge is 0.390 e. The molecule has 1 aliphatic rings. The van der Waals surface area contributed by atoms with Gasteiger partial charge in [0, 0.05) is 42.0 Å². The maximum Gasteiger partial charge on any atom is 0.390 e. The van der Waals surface area contributed by atoms with E-state index in [1.54, 1.807) is 30.8 Å². The number of aryl methyl sites for hydroxylation is 2. The van der Waals surface area contributed by atoms with E-state index in [-0.39, 0.29) is 6.54 Å². The van der Waals surface area contributed by atoms with E-state index in [0.717, 1.165) is 39.5 Å². The topological polar surface area (TPSA) is 117 Å². The second kappa shape index (κ2) is 11.3. The predicted octanol–water partition coefficient (Wildman–Crippen LogP) is 4.93. The summed E-state index contributed by atoms with van der Waals surface area (Å²) in [5.41, 5.74) is 9.22. The molecule has 0 unspecified atom stereocenters. The fourth-order valence-electron chi connectivity index (χ4n) is 3.67. The number of nitrogens with two attached hydrogens (primary N) is 1. The van der Waals surface area contributed by atoms with Crippen LogP contribution in [0.25, 0.3) is 10.2 Å². The average Bonchev–Trinajstić information content (AvgIpc) is 3.22. The second-order valence-electron chi connectivity index (χ2n) is 8.02. The minimum Gasteiger partial charge on any atom is -0.494 e. The number of thiophene rings is 1. The van der Waals surface area contributed by atoms with Crippen molar-refractivity contribution >= 4 is 51.4 Å². The first-order valence-electron chi connectivity index (χ1n) is 10.9. The van der Waals surface area contributed by atoms with Crippen LogP contribution in [0.3, 0.4) is 0 Å². The first kappa shape index (κ1) is 26.2. The molecule has 0 bridgehead atoms. The van der Waals surface area contributed by atoms with Gasteiger partial charge in [0.05, 0.1) is 24.6 Å². The third-order valence-corrected chi connectivity index (χ3v) is 6.69. The number of methoxy groups -OCH3 is 1. The van der Waals surface area contributed by atoms with Crippen molar-refractivity contribution in [1.29, 1.82) is 5.41 Å². The highest BCUT2D eigenvalue weighted by Gasteiger charge is 2.26. The molecule has 0 saturated carbocycles. The summed E-state index contributed by atoms with van der Waals surface area (Å²) >= 11 is 1.77. The number of hydrogen-bond donors (Lipinski definition) is 3. The number of aromatic nitrogens is 2. The van der Waals surface area contributed by atoms with Crippen molar-refractivity contribution in [3.05, 3.63) is 34.5 Å². The number of benzene rings is 1. The molecule has 4 N–H and O–H groups in total. The van der Waals surface area contributed by atoms with Crippen LogP contribution >= 0.6 is 11.3 Å². The van der Waals surface area contributed by atoms with Crippen LogP contribution in [0.4, 0.5) is 30.4 Å². The summed E-state index contributed by atoms with van der Waals surface area (Å²) in [6.45, 7) is -0.271. The number of rotatable bonds is 7. The normalized spacial score (nSPS) is 12.8. The number of ether oxygens (including phenoxy) is 1. The number of hydrogen-bond acceptors (Lipinski definition) is 8. The number of anilines is 3. The van der Waals surface area contributed by atoms with Crippen molar-refractivity contribution < 1.29 is 22.7 Å². The number of alkyl halides is 3. The van der Waals surface area contributed by atoms with Gasteiger partial charge in [0.2, 0.25) is 6.41 Å². The van der Waals surface area contributed by atoms with Crippen LogP contribution in [0.1, 0.15) is 35.3 Å². The molecule has 0 saturated heterocycles. The lowest BCUT2D eigenvalue weighted by atomic mass is 9.97. The molecule has 12 heteroatoms. The molecule has 0 radical (unpaired) electrons. The molecule has 0 fully saturated rings. The van der Waals surface area contributed by atoms with Gasteiger partial charge in [0.15, 0.2) is 0 Å². The average molecular weight is 509 g/mol. The Kier molecular flexibility index (Phi) is 8.49. The van der Waals surface area contributed by atoms with E-state index in [9.17, 15) is 18.0 Å². The molecule has 8 nitrogen and oxygen atoms in total. The summed E-state index contributed by atoms with van der Waals surface area (Å²) in [6, 6.07) is 3.54. The van der Waals surface area contributed by atoms with Gasteiger partial charge >= 0.3 is 6.18 Å². The van der Waals surface area contributed by atoms with E-state index >= 15 is 0 Å². The Morgan fingerprint density at radius 1 is 1.29 bits per heavy atom. The Balaban J connectivity index is 0.000000292. The molecule has 188 valence electrons. The van der Waals surface area contributed by atoms with Crippen molar-refractivity contribution in [2.75, 3.05) is 31.8 Å². The Bertz CT molecular complexity index is 1200. The lowest BCUT2D eigenvalue weighted by Gasteiger charge is -2.15. The van der Waals surface area contributed by atoms with Crippen LogP contribution < -0.4 is 15.8 Å². The van der Waals surface area contributed by atoms with Crippen molar-refractivity contribution in [2.24, 2.45) is 0 Å². The monoisotopic (exact) mass is 508 g/mol. The lowest BCUT2D eigenvalue weighted by molar-refractivity contribution is -0.139. The zero-order valence-corrected chi connectivity index (χ0v) is 20.2. The van der Waals surface area contributed by atoms with E-state index < -0.39 is 12.6 Å². The number of nitrogens with one attached hydrogen (secondary N) is 2. The lowest BCUT2D eigenvalue weighted by Crippen LogP contribution is -2.22. The molecule has 1 aromatic carbocycles. The van der Waals surface area contributed by atoms with E-state index in [2.05, 4.69) is 15.3 Å². The molecule has 1 aliphatic carbocycles. The van der Waals surface area contributed by atoms with Gasteiger partial charge in [-0.1, -0.05) is 0 Å². The Morgan fingerprint density at radius 2 is 2.03 bits per heavy atom. The summed E-state index contributed by atoms with van der Waals surface area (Å²) in [5.74, 6) is 1.40. The predicted molar refractivity (Wildman–Crippen MR) is 132 cm³/mol. The second-order valence-corrected chi connectivity index (χ2v) is 9.10. The molecule has 1 amide bonds. The third-order valence-electron chi connectivity index (χ3n) is 5.49. The maximum absolute atomic E-state index is 11.4. The van der Waals surface area contributed by atoms with Gasteiger partial charge in [-0.3, -0.25) is 4.79 Å². The summed E-state index contributed by atoms with van der Waals surface area (Å²) < 4.78 is 39.7. The highest BCUT2D eigenvalue weighted by molar-refractivity contribution is 7.19. The number of nitrogens with zero attached hydrogens (tertiary/aromatic N) is 3. The fourth-order valence-corrected chi connectivity index (χ4v) is 4.90. The number of halogens is 3. The van der Waals surface area contributed by atoms with E-state index in [4.69, 9.17) is 15.9 Å². The van der Waals surface area contributed by atoms with Gasteiger partial charge in [0.1, 0.15) is 22.7 Å². The van der Waals surface area contributed by atoms with Crippen molar-refractivity contribution in [1.82, 2.24) is 14.9 Å². The minimum absolute atomic E-state index is 0.271. The molecular formula is C23H27F3N6O2S. The zero-order chi connectivity index (χ0) is 25.6. The van der Waals surface area contributed by atoms with Crippen LogP contribution in [0.2, 0.25) is 0 Å². The van der Waals surface area contributed by atoms with Crippen LogP contribution in [-0.4, -0.2) is 54.4 Å². The molecule has 35 heavy (non-hydrogen) atoms. The Morgan fingerprint density at radius 3 is 2.69 bits per heavy atom. The van der Waals surface area contributed by atoms with Gasteiger partial charge in [-0.2, -0.15) is 13.2 Å². The van der Waals surface area contributed by atoms with Crippen molar-refractivity contribution in [2.45, 2.75) is 38.3 Å². The number of amides is 1. The van der Waals surface area contributed by atoms with Crippen LogP contribution in [0.15, 0.2) is 18.5 Å². The summed E-state index contributed by atoms with van der Waals surface area (Å²) in [7, 11) is 2.91. The highest BCUT2D eigenvalue weighted by Crippen LogP contribution is 2.40. The van der Waals surface area contributed by atoms with Crippen LogP contribution in [-0.2, 0) is 17.6 Å². The largest absolute Gasteiger partial charge is 0.494 e. The van der Waals surface area contributed by atoms with Crippen molar-refractivity contribution in [3.8, 4) is 5.75 Å². The molecule has 0 atom stereocenters. The third kappa shape index (κ3) is 6.59. The van der Waals surface area contributed by atoms with Gasteiger partial charge in [0.25, 0.3) is 0 Å². The number of fused-ring (bicyclic) bond motifs is 3. The standard InChI is InChI=1S/C18H19N5OS.C5H8F3NO/c1-24-14-7-12(20)10(8-19)6-13(14)23-17-16-11-4-2-3-5-15(11)25-18(16)22-9-21-17;1-9(4-10)3-2-5(6,7)8/h6-9,19H,2-5,20H2,1H3,(H,21,22,23);4H,2-3H2,1H3. The zero-order valence-electron chi connectivity index (χ0n) is 19.4. The Hall–Kier alpha value is -3.41. The van der Waals surface area contributed by atoms with Crippen molar-refractivity contribution in [3.63, 3.8) is 0 Å².